The summed E-state index contributed by atoms with van der Waals surface area (Å²) in [5.74, 6) is 0. The van der Waals surface area contributed by atoms with E-state index in [0.717, 1.165) is 31.4 Å². The van der Waals surface area contributed by atoms with Crippen molar-refractivity contribution in [1.82, 2.24) is 9.78 Å². The molecule has 3 heteroatoms. The van der Waals surface area contributed by atoms with Gasteiger partial charge < -0.3 is 5.11 Å². The van der Waals surface area contributed by atoms with Crippen LogP contribution in [0.5, 0.6) is 0 Å². The highest BCUT2D eigenvalue weighted by molar-refractivity contribution is 5.10. The minimum Gasteiger partial charge on any atom is -0.389 e. The number of nitrogens with zero attached hydrogens (tertiary/aromatic N) is 2. The van der Waals surface area contributed by atoms with Crippen molar-refractivity contribution in [3.05, 3.63) is 18.0 Å². The van der Waals surface area contributed by atoms with Crippen molar-refractivity contribution in [2.24, 2.45) is 5.41 Å². The fourth-order valence-electron chi connectivity index (χ4n) is 2.93. The summed E-state index contributed by atoms with van der Waals surface area (Å²) < 4.78 is 2.01. The standard InChI is InChI=1S/C15H26N2O/c1-5-12(2)17-10-7-13(16-17)11-15(18)9-6-8-14(15,3)4/h7,10,12,18H,5-6,8-9,11H2,1-4H3. The van der Waals surface area contributed by atoms with Gasteiger partial charge in [0, 0.05) is 18.7 Å². The number of hydrogen-bond donors (Lipinski definition) is 1. The van der Waals surface area contributed by atoms with Crippen LogP contribution in [0.25, 0.3) is 0 Å². The lowest BCUT2D eigenvalue weighted by Gasteiger charge is -2.36. The van der Waals surface area contributed by atoms with Crippen LogP contribution in [0.1, 0.15) is 65.1 Å². The fraction of sp³-hybridized carbons (Fsp3) is 0.800. The Hall–Kier alpha value is -0.830. The lowest BCUT2D eigenvalue weighted by atomic mass is 9.75. The first-order chi connectivity index (χ1) is 8.38. The zero-order valence-corrected chi connectivity index (χ0v) is 12.1. The average molecular weight is 250 g/mol. The molecule has 2 rings (SSSR count). The topological polar surface area (TPSA) is 38.0 Å². The van der Waals surface area contributed by atoms with Crippen LogP contribution >= 0.6 is 0 Å². The highest BCUT2D eigenvalue weighted by Crippen LogP contribution is 2.47. The van der Waals surface area contributed by atoms with Gasteiger partial charge in [0.05, 0.1) is 11.3 Å². The molecule has 0 aromatic carbocycles. The Morgan fingerprint density at radius 1 is 1.44 bits per heavy atom. The van der Waals surface area contributed by atoms with Gasteiger partial charge in [0.1, 0.15) is 0 Å². The van der Waals surface area contributed by atoms with Crippen LogP contribution in [0.4, 0.5) is 0 Å². The molecule has 102 valence electrons. The van der Waals surface area contributed by atoms with Gasteiger partial charge in [-0.1, -0.05) is 20.8 Å². The summed E-state index contributed by atoms with van der Waals surface area (Å²) in [6, 6.07) is 2.49. The smallest absolute Gasteiger partial charge is 0.0754 e. The summed E-state index contributed by atoms with van der Waals surface area (Å²) in [4.78, 5) is 0. The van der Waals surface area contributed by atoms with Gasteiger partial charge in [-0.15, -0.1) is 0 Å². The molecule has 1 aliphatic carbocycles. The average Bonchev–Trinajstić information content (AvgIpc) is 2.84. The number of rotatable bonds is 4. The number of aliphatic hydroxyl groups is 1. The van der Waals surface area contributed by atoms with Crippen LogP contribution < -0.4 is 0 Å². The van der Waals surface area contributed by atoms with Crippen LogP contribution in [0.15, 0.2) is 12.3 Å². The predicted octanol–water partition coefficient (Wildman–Crippen LogP) is 3.34. The second-order valence-electron chi connectivity index (χ2n) is 6.49. The van der Waals surface area contributed by atoms with E-state index in [-0.39, 0.29) is 5.41 Å². The maximum atomic E-state index is 10.8. The maximum Gasteiger partial charge on any atom is 0.0754 e. The molecule has 3 nitrogen and oxygen atoms in total. The van der Waals surface area contributed by atoms with Crippen molar-refractivity contribution in [1.29, 1.82) is 0 Å². The molecule has 1 N–H and O–H groups in total. The third kappa shape index (κ3) is 2.33. The SMILES string of the molecule is CCC(C)n1ccc(CC2(O)CCCC2(C)C)n1. The monoisotopic (exact) mass is 250 g/mol. The third-order valence-corrected chi connectivity index (χ3v) is 4.83. The molecule has 1 aliphatic rings. The molecule has 0 bridgehead atoms. The molecule has 1 fully saturated rings. The lowest BCUT2D eigenvalue weighted by molar-refractivity contribution is -0.0427. The van der Waals surface area contributed by atoms with Crippen LogP contribution in [-0.2, 0) is 6.42 Å². The van der Waals surface area contributed by atoms with Crippen LogP contribution in [0, 0.1) is 5.41 Å². The van der Waals surface area contributed by atoms with Gasteiger partial charge in [0.25, 0.3) is 0 Å². The molecule has 1 saturated carbocycles. The minimum atomic E-state index is -0.582. The summed E-state index contributed by atoms with van der Waals surface area (Å²) >= 11 is 0. The Labute approximate surface area is 110 Å². The first kappa shape index (κ1) is 13.6. The van der Waals surface area contributed by atoms with Crippen molar-refractivity contribution in [3.8, 4) is 0 Å². The molecule has 2 unspecified atom stereocenters. The van der Waals surface area contributed by atoms with Gasteiger partial charge in [0.2, 0.25) is 0 Å². The third-order valence-electron chi connectivity index (χ3n) is 4.83. The Kier molecular flexibility index (Phi) is 3.54. The molecule has 0 amide bonds. The molecule has 1 aromatic rings. The van der Waals surface area contributed by atoms with E-state index in [2.05, 4.69) is 38.9 Å². The van der Waals surface area contributed by atoms with E-state index >= 15 is 0 Å². The lowest BCUT2D eigenvalue weighted by Crippen LogP contribution is -2.42. The molecule has 1 aromatic heterocycles. The highest BCUT2D eigenvalue weighted by atomic mass is 16.3. The first-order valence-electron chi connectivity index (χ1n) is 7.14. The van der Waals surface area contributed by atoms with Gasteiger partial charge in [-0.2, -0.15) is 5.10 Å². The van der Waals surface area contributed by atoms with E-state index in [0.29, 0.717) is 12.5 Å². The maximum absolute atomic E-state index is 10.8. The molecule has 0 spiro atoms. The van der Waals surface area contributed by atoms with Crippen LogP contribution in [-0.4, -0.2) is 20.5 Å². The van der Waals surface area contributed by atoms with Gasteiger partial charge >= 0.3 is 0 Å². The van der Waals surface area contributed by atoms with Crippen LogP contribution in [0.3, 0.4) is 0 Å². The summed E-state index contributed by atoms with van der Waals surface area (Å²) in [5, 5.41) is 15.4. The van der Waals surface area contributed by atoms with Crippen molar-refractivity contribution < 1.29 is 5.11 Å². The largest absolute Gasteiger partial charge is 0.389 e. The predicted molar refractivity (Wildman–Crippen MR) is 73.5 cm³/mol. The molecule has 18 heavy (non-hydrogen) atoms. The summed E-state index contributed by atoms with van der Waals surface area (Å²) in [5.41, 5.74) is 0.446. The Morgan fingerprint density at radius 3 is 2.72 bits per heavy atom. The van der Waals surface area contributed by atoms with E-state index < -0.39 is 5.60 Å². The zero-order valence-electron chi connectivity index (χ0n) is 12.1. The quantitative estimate of drug-likeness (QED) is 0.890. The molecule has 2 atom stereocenters. The van der Waals surface area contributed by atoms with Crippen molar-refractivity contribution in [2.75, 3.05) is 0 Å². The Balaban J connectivity index is 2.12. The van der Waals surface area contributed by atoms with Gasteiger partial charge in [-0.3, -0.25) is 4.68 Å². The number of hydrogen-bond acceptors (Lipinski definition) is 2. The summed E-state index contributed by atoms with van der Waals surface area (Å²) in [6.45, 7) is 8.68. The first-order valence-corrected chi connectivity index (χ1v) is 7.14. The van der Waals surface area contributed by atoms with Crippen molar-refractivity contribution in [3.63, 3.8) is 0 Å². The van der Waals surface area contributed by atoms with E-state index in [1.54, 1.807) is 0 Å². The molecular formula is C15H26N2O. The van der Waals surface area contributed by atoms with Crippen LogP contribution in [0.2, 0.25) is 0 Å². The van der Waals surface area contributed by atoms with E-state index in [9.17, 15) is 5.11 Å². The minimum absolute atomic E-state index is 0.00710. The summed E-state index contributed by atoms with van der Waals surface area (Å²) in [7, 11) is 0. The molecular weight excluding hydrogens is 224 g/mol. The van der Waals surface area contributed by atoms with Gasteiger partial charge in [0.15, 0.2) is 0 Å². The molecule has 0 saturated heterocycles. The normalized spacial score (nSPS) is 28.5. The van der Waals surface area contributed by atoms with Crippen molar-refractivity contribution in [2.45, 2.75) is 71.4 Å². The van der Waals surface area contributed by atoms with Gasteiger partial charge in [-0.25, -0.2) is 0 Å². The Morgan fingerprint density at radius 2 is 2.17 bits per heavy atom. The highest BCUT2D eigenvalue weighted by Gasteiger charge is 2.47. The Bertz CT molecular complexity index is 410. The van der Waals surface area contributed by atoms with E-state index in [1.165, 1.54) is 0 Å². The number of aromatic nitrogens is 2. The zero-order chi connectivity index (χ0) is 13.4. The second-order valence-corrected chi connectivity index (χ2v) is 6.49. The summed E-state index contributed by atoms with van der Waals surface area (Å²) in [6.07, 6.45) is 6.93. The molecule has 1 heterocycles. The van der Waals surface area contributed by atoms with Gasteiger partial charge in [-0.05, 0) is 44.1 Å². The molecule has 0 aliphatic heterocycles. The molecule has 0 radical (unpaired) electrons. The second kappa shape index (κ2) is 4.69. The fourth-order valence-corrected chi connectivity index (χ4v) is 2.93. The van der Waals surface area contributed by atoms with E-state index in [1.807, 2.05) is 10.9 Å². The van der Waals surface area contributed by atoms with E-state index in [4.69, 9.17) is 0 Å². The van der Waals surface area contributed by atoms with Crippen molar-refractivity contribution >= 4 is 0 Å².